The molecule has 0 saturated heterocycles. The van der Waals surface area contributed by atoms with Gasteiger partial charge in [0.25, 0.3) is 0 Å². The molecule has 6 heteroatoms. The van der Waals surface area contributed by atoms with E-state index in [1.54, 1.807) is 30.1 Å². The highest BCUT2D eigenvalue weighted by Gasteiger charge is 2.12. The standard InChI is InChI=1S/C19H22N2O4/c1-14-6-8-16(25-14)13-21(2)19(22)5-4-10-24-17-9-7-15(12-20)11-18(17)23-3/h6-9,11H,4-5,10,13H2,1-3H3. The number of carbonyl (C=O) groups excluding carboxylic acids is 1. The number of aryl methyl sites for hydroxylation is 1. The van der Waals surface area contributed by atoms with Gasteiger partial charge in [-0.05, 0) is 37.6 Å². The van der Waals surface area contributed by atoms with Gasteiger partial charge in [-0.25, -0.2) is 0 Å². The van der Waals surface area contributed by atoms with Crippen LogP contribution in [0.4, 0.5) is 0 Å². The lowest BCUT2D eigenvalue weighted by Crippen LogP contribution is -2.26. The molecule has 0 radical (unpaired) electrons. The number of hydrogen-bond acceptors (Lipinski definition) is 5. The third-order valence-corrected chi connectivity index (χ3v) is 3.70. The van der Waals surface area contributed by atoms with Crippen molar-refractivity contribution in [2.45, 2.75) is 26.3 Å². The van der Waals surface area contributed by atoms with Crippen molar-refractivity contribution >= 4 is 5.91 Å². The molecular formula is C19H22N2O4. The van der Waals surface area contributed by atoms with Gasteiger partial charge in [-0.15, -0.1) is 0 Å². The predicted molar refractivity (Wildman–Crippen MR) is 92.4 cm³/mol. The van der Waals surface area contributed by atoms with E-state index in [1.807, 2.05) is 19.1 Å². The van der Waals surface area contributed by atoms with Crippen LogP contribution in [-0.2, 0) is 11.3 Å². The summed E-state index contributed by atoms with van der Waals surface area (Å²) in [5.41, 5.74) is 0.508. The Bertz CT molecular complexity index is 761. The molecule has 2 aromatic rings. The molecule has 1 aromatic carbocycles. The van der Waals surface area contributed by atoms with Crippen LogP contribution in [-0.4, -0.2) is 31.6 Å². The number of rotatable bonds is 8. The van der Waals surface area contributed by atoms with Crippen molar-refractivity contribution in [1.29, 1.82) is 5.26 Å². The molecule has 0 unspecified atom stereocenters. The summed E-state index contributed by atoms with van der Waals surface area (Å²) in [6.07, 6.45) is 0.971. The smallest absolute Gasteiger partial charge is 0.222 e. The second kappa shape index (κ2) is 8.78. The number of nitriles is 1. The van der Waals surface area contributed by atoms with Crippen LogP contribution in [0.15, 0.2) is 34.7 Å². The predicted octanol–water partition coefficient (Wildman–Crippen LogP) is 3.29. The van der Waals surface area contributed by atoms with Crippen LogP contribution >= 0.6 is 0 Å². The van der Waals surface area contributed by atoms with E-state index in [9.17, 15) is 4.79 Å². The summed E-state index contributed by atoms with van der Waals surface area (Å²) in [5.74, 6) is 2.71. The molecule has 6 nitrogen and oxygen atoms in total. The Morgan fingerprint density at radius 3 is 2.72 bits per heavy atom. The van der Waals surface area contributed by atoms with E-state index < -0.39 is 0 Å². The lowest BCUT2D eigenvalue weighted by molar-refractivity contribution is -0.130. The third kappa shape index (κ3) is 5.28. The molecule has 0 fully saturated rings. The summed E-state index contributed by atoms with van der Waals surface area (Å²) in [7, 11) is 3.28. The van der Waals surface area contributed by atoms with Crippen molar-refractivity contribution < 1.29 is 18.7 Å². The summed E-state index contributed by atoms with van der Waals surface area (Å²) in [6, 6.07) is 10.8. The molecule has 0 saturated carbocycles. The van der Waals surface area contributed by atoms with Gasteiger partial charge in [0.15, 0.2) is 11.5 Å². The molecule has 2 rings (SSSR count). The Morgan fingerprint density at radius 2 is 2.08 bits per heavy atom. The van der Waals surface area contributed by atoms with Crippen LogP contribution in [0.2, 0.25) is 0 Å². The Labute approximate surface area is 147 Å². The van der Waals surface area contributed by atoms with Gasteiger partial charge < -0.3 is 18.8 Å². The molecule has 0 aliphatic rings. The Balaban J connectivity index is 1.77. The normalized spacial score (nSPS) is 10.2. The lowest BCUT2D eigenvalue weighted by Gasteiger charge is -2.16. The number of furan rings is 1. The first-order chi connectivity index (χ1) is 12.0. The number of nitrogens with zero attached hydrogens (tertiary/aromatic N) is 2. The topological polar surface area (TPSA) is 75.7 Å². The number of amides is 1. The first kappa shape index (κ1) is 18.4. The monoisotopic (exact) mass is 342 g/mol. The van der Waals surface area contributed by atoms with Gasteiger partial charge in [-0.2, -0.15) is 5.26 Å². The number of methoxy groups -OCH3 is 1. The van der Waals surface area contributed by atoms with E-state index in [-0.39, 0.29) is 5.91 Å². The second-order valence-corrected chi connectivity index (χ2v) is 5.69. The van der Waals surface area contributed by atoms with Gasteiger partial charge in [0.2, 0.25) is 5.91 Å². The maximum Gasteiger partial charge on any atom is 0.222 e. The van der Waals surface area contributed by atoms with E-state index in [2.05, 4.69) is 6.07 Å². The fraction of sp³-hybridized carbons (Fsp3) is 0.368. The summed E-state index contributed by atoms with van der Waals surface area (Å²) in [4.78, 5) is 13.8. The molecule has 1 aromatic heterocycles. The molecule has 0 bridgehead atoms. The van der Waals surface area contributed by atoms with Crippen molar-refractivity contribution in [2.75, 3.05) is 20.8 Å². The molecule has 1 heterocycles. The van der Waals surface area contributed by atoms with Gasteiger partial charge in [0.1, 0.15) is 11.5 Å². The van der Waals surface area contributed by atoms with E-state index in [4.69, 9.17) is 19.2 Å². The molecular weight excluding hydrogens is 320 g/mol. The first-order valence-corrected chi connectivity index (χ1v) is 8.03. The van der Waals surface area contributed by atoms with Crippen molar-refractivity contribution in [1.82, 2.24) is 4.90 Å². The van der Waals surface area contributed by atoms with Crippen LogP contribution in [0, 0.1) is 18.3 Å². The summed E-state index contributed by atoms with van der Waals surface area (Å²) in [6.45, 7) is 2.72. The Kier molecular flexibility index (Phi) is 6.47. The zero-order valence-corrected chi connectivity index (χ0v) is 14.7. The molecule has 0 N–H and O–H groups in total. The Morgan fingerprint density at radius 1 is 1.28 bits per heavy atom. The molecule has 0 spiro atoms. The largest absolute Gasteiger partial charge is 0.493 e. The molecule has 1 amide bonds. The summed E-state index contributed by atoms with van der Waals surface area (Å²) < 4.78 is 16.3. The van der Waals surface area contributed by atoms with Gasteiger partial charge in [-0.1, -0.05) is 0 Å². The number of hydrogen-bond donors (Lipinski definition) is 0. The second-order valence-electron chi connectivity index (χ2n) is 5.69. The van der Waals surface area contributed by atoms with Crippen LogP contribution in [0.5, 0.6) is 11.5 Å². The highest BCUT2D eigenvalue weighted by molar-refractivity contribution is 5.75. The van der Waals surface area contributed by atoms with E-state index in [1.165, 1.54) is 7.11 Å². The zero-order valence-electron chi connectivity index (χ0n) is 14.7. The van der Waals surface area contributed by atoms with Crippen LogP contribution in [0.25, 0.3) is 0 Å². The number of ether oxygens (including phenoxy) is 2. The van der Waals surface area contributed by atoms with Crippen molar-refractivity contribution in [3.63, 3.8) is 0 Å². The van der Waals surface area contributed by atoms with Gasteiger partial charge in [0.05, 0.1) is 31.9 Å². The molecule has 25 heavy (non-hydrogen) atoms. The van der Waals surface area contributed by atoms with Crippen LogP contribution < -0.4 is 9.47 Å². The molecule has 0 atom stereocenters. The quantitative estimate of drug-likeness (QED) is 0.688. The minimum Gasteiger partial charge on any atom is -0.493 e. The fourth-order valence-corrected chi connectivity index (χ4v) is 2.34. The molecule has 0 aliphatic carbocycles. The first-order valence-electron chi connectivity index (χ1n) is 8.03. The van der Waals surface area contributed by atoms with Crippen molar-refractivity contribution in [2.24, 2.45) is 0 Å². The minimum atomic E-state index is 0.0319. The molecule has 0 aliphatic heterocycles. The third-order valence-electron chi connectivity index (χ3n) is 3.70. The molecule has 132 valence electrons. The SMILES string of the molecule is COc1cc(C#N)ccc1OCCCC(=O)N(C)Cc1ccc(C)o1. The van der Waals surface area contributed by atoms with E-state index in [0.29, 0.717) is 43.1 Å². The average Bonchev–Trinajstić information content (AvgIpc) is 3.03. The average molecular weight is 342 g/mol. The highest BCUT2D eigenvalue weighted by Crippen LogP contribution is 2.28. The maximum absolute atomic E-state index is 12.1. The van der Waals surface area contributed by atoms with E-state index in [0.717, 1.165) is 11.5 Å². The maximum atomic E-state index is 12.1. The number of benzene rings is 1. The van der Waals surface area contributed by atoms with Crippen LogP contribution in [0.1, 0.15) is 29.9 Å². The number of carbonyl (C=O) groups is 1. The fourth-order valence-electron chi connectivity index (χ4n) is 2.34. The Hall–Kier alpha value is -2.94. The zero-order chi connectivity index (χ0) is 18.2. The van der Waals surface area contributed by atoms with Crippen molar-refractivity contribution in [3.8, 4) is 17.6 Å². The summed E-state index contributed by atoms with van der Waals surface area (Å²) in [5, 5.41) is 8.89. The van der Waals surface area contributed by atoms with E-state index >= 15 is 0 Å². The minimum absolute atomic E-state index is 0.0319. The van der Waals surface area contributed by atoms with Crippen molar-refractivity contribution in [3.05, 3.63) is 47.4 Å². The van der Waals surface area contributed by atoms with Crippen LogP contribution in [0.3, 0.4) is 0 Å². The summed E-state index contributed by atoms with van der Waals surface area (Å²) >= 11 is 0. The van der Waals surface area contributed by atoms with Gasteiger partial charge in [0, 0.05) is 19.5 Å². The lowest BCUT2D eigenvalue weighted by atomic mass is 10.2. The van der Waals surface area contributed by atoms with Gasteiger partial charge in [-0.3, -0.25) is 4.79 Å². The highest BCUT2D eigenvalue weighted by atomic mass is 16.5. The van der Waals surface area contributed by atoms with Gasteiger partial charge >= 0.3 is 0 Å².